The van der Waals surface area contributed by atoms with Crippen molar-refractivity contribution in [3.8, 4) is 0 Å². The minimum absolute atomic E-state index is 0.0185. The molecule has 3 amide bonds. The molecule has 1 aliphatic rings. The summed E-state index contributed by atoms with van der Waals surface area (Å²) in [5.41, 5.74) is 0.774. The molecule has 0 saturated heterocycles. The highest BCUT2D eigenvalue weighted by Gasteiger charge is 2.34. The van der Waals surface area contributed by atoms with Crippen LogP contribution in [0, 0.1) is 0 Å². The van der Waals surface area contributed by atoms with Gasteiger partial charge < -0.3 is 9.64 Å². The lowest BCUT2D eigenvalue weighted by molar-refractivity contribution is -0.153. The van der Waals surface area contributed by atoms with E-state index in [1.165, 1.54) is 0 Å². The number of rotatable bonds is 8. The molecule has 1 heterocycles. The van der Waals surface area contributed by atoms with Crippen molar-refractivity contribution in [3.63, 3.8) is 0 Å². The largest absolute Gasteiger partial charge is 0.456 e. The molecule has 0 radical (unpaired) electrons. The van der Waals surface area contributed by atoms with Gasteiger partial charge in [-0.2, -0.15) is 0 Å². The Hall–Kier alpha value is -2.70. The van der Waals surface area contributed by atoms with Crippen molar-refractivity contribution in [2.24, 2.45) is 0 Å². The molecule has 0 N–H and O–H groups in total. The Bertz CT molecular complexity index is 699. The topological polar surface area (TPSA) is 84.0 Å². The van der Waals surface area contributed by atoms with Crippen molar-refractivity contribution in [2.75, 3.05) is 13.2 Å². The number of amides is 3. The SMILES string of the molecule is CC(C)N(C(=O)COC(=O)CCCN1C(=O)c2ccccc2C1=O)C(C)C. The van der Waals surface area contributed by atoms with Gasteiger partial charge in [0, 0.05) is 25.0 Å². The average molecular weight is 374 g/mol. The van der Waals surface area contributed by atoms with Gasteiger partial charge in [0.1, 0.15) is 0 Å². The van der Waals surface area contributed by atoms with E-state index >= 15 is 0 Å². The third-order valence-electron chi connectivity index (χ3n) is 4.40. The number of esters is 1. The van der Waals surface area contributed by atoms with Crippen molar-refractivity contribution in [1.82, 2.24) is 9.80 Å². The van der Waals surface area contributed by atoms with Crippen LogP contribution in [0.4, 0.5) is 0 Å². The highest BCUT2D eigenvalue weighted by molar-refractivity contribution is 6.21. The quantitative estimate of drug-likeness (QED) is 0.515. The summed E-state index contributed by atoms with van der Waals surface area (Å²) in [6, 6.07) is 6.68. The fourth-order valence-electron chi connectivity index (χ4n) is 3.28. The van der Waals surface area contributed by atoms with Crippen molar-refractivity contribution in [1.29, 1.82) is 0 Å². The Morgan fingerprint density at radius 3 is 2.00 bits per heavy atom. The number of fused-ring (bicyclic) bond motifs is 1. The van der Waals surface area contributed by atoms with Crippen LogP contribution in [-0.4, -0.2) is 58.7 Å². The summed E-state index contributed by atoms with van der Waals surface area (Å²) >= 11 is 0. The first-order valence-electron chi connectivity index (χ1n) is 9.16. The van der Waals surface area contributed by atoms with Gasteiger partial charge >= 0.3 is 5.97 Å². The molecule has 0 aromatic heterocycles. The fourth-order valence-corrected chi connectivity index (χ4v) is 3.28. The zero-order chi connectivity index (χ0) is 20.1. The molecule has 1 aliphatic heterocycles. The van der Waals surface area contributed by atoms with Crippen molar-refractivity contribution < 1.29 is 23.9 Å². The lowest BCUT2D eigenvalue weighted by Gasteiger charge is -2.30. The molecule has 2 rings (SSSR count). The summed E-state index contributed by atoms with van der Waals surface area (Å²) in [5, 5.41) is 0. The van der Waals surface area contributed by atoms with E-state index in [4.69, 9.17) is 4.74 Å². The molecule has 7 heteroatoms. The number of ether oxygens (including phenoxy) is 1. The van der Waals surface area contributed by atoms with E-state index in [2.05, 4.69) is 0 Å². The summed E-state index contributed by atoms with van der Waals surface area (Å²) in [6.07, 6.45) is 0.320. The summed E-state index contributed by atoms with van der Waals surface area (Å²) < 4.78 is 5.05. The van der Waals surface area contributed by atoms with E-state index in [9.17, 15) is 19.2 Å². The van der Waals surface area contributed by atoms with E-state index < -0.39 is 5.97 Å². The van der Waals surface area contributed by atoms with Crippen LogP contribution in [0.15, 0.2) is 24.3 Å². The number of benzene rings is 1. The second kappa shape index (κ2) is 8.79. The molecule has 27 heavy (non-hydrogen) atoms. The van der Waals surface area contributed by atoms with Gasteiger partial charge in [0.15, 0.2) is 6.61 Å². The van der Waals surface area contributed by atoms with Gasteiger partial charge in [-0.25, -0.2) is 0 Å². The first kappa shape index (κ1) is 20.6. The molecule has 1 aromatic carbocycles. The van der Waals surface area contributed by atoms with Crippen LogP contribution in [0.3, 0.4) is 0 Å². The average Bonchev–Trinajstić information content (AvgIpc) is 2.84. The number of hydrogen-bond acceptors (Lipinski definition) is 5. The molecule has 0 spiro atoms. The lowest BCUT2D eigenvalue weighted by Crippen LogP contribution is -2.44. The normalized spacial score (nSPS) is 13.3. The third kappa shape index (κ3) is 4.72. The molecule has 0 bridgehead atoms. The first-order valence-corrected chi connectivity index (χ1v) is 9.16. The summed E-state index contributed by atoms with van der Waals surface area (Å²) in [6.45, 7) is 7.45. The van der Waals surface area contributed by atoms with Crippen molar-refractivity contribution in [3.05, 3.63) is 35.4 Å². The Morgan fingerprint density at radius 2 is 1.52 bits per heavy atom. The van der Waals surface area contributed by atoms with Crippen LogP contribution in [0.5, 0.6) is 0 Å². The van der Waals surface area contributed by atoms with E-state index in [-0.39, 0.29) is 55.8 Å². The van der Waals surface area contributed by atoms with Crippen LogP contribution in [-0.2, 0) is 14.3 Å². The third-order valence-corrected chi connectivity index (χ3v) is 4.40. The lowest BCUT2D eigenvalue weighted by atomic mass is 10.1. The number of hydrogen-bond donors (Lipinski definition) is 0. The van der Waals surface area contributed by atoms with Crippen LogP contribution >= 0.6 is 0 Å². The zero-order valence-electron chi connectivity index (χ0n) is 16.2. The Labute approximate surface area is 159 Å². The van der Waals surface area contributed by atoms with Crippen LogP contribution in [0.25, 0.3) is 0 Å². The summed E-state index contributed by atoms with van der Waals surface area (Å²) in [5.74, 6) is -1.45. The van der Waals surface area contributed by atoms with Gasteiger partial charge in [0.2, 0.25) is 0 Å². The van der Waals surface area contributed by atoms with Crippen molar-refractivity contribution in [2.45, 2.75) is 52.6 Å². The zero-order valence-corrected chi connectivity index (χ0v) is 16.2. The van der Waals surface area contributed by atoms with E-state index in [1.807, 2.05) is 27.7 Å². The molecule has 0 unspecified atom stereocenters. The number of imide groups is 1. The number of carbonyl (C=O) groups excluding carboxylic acids is 4. The van der Waals surface area contributed by atoms with Gasteiger partial charge in [-0.1, -0.05) is 12.1 Å². The van der Waals surface area contributed by atoms with Crippen LogP contribution in [0.2, 0.25) is 0 Å². The van der Waals surface area contributed by atoms with Gasteiger partial charge in [0.05, 0.1) is 11.1 Å². The van der Waals surface area contributed by atoms with Crippen molar-refractivity contribution >= 4 is 23.7 Å². The minimum atomic E-state index is -0.521. The molecule has 0 aliphatic carbocycles. The molecule has 146 valence electrons. The standard InChI is InChI=1S/C20H26N2O5/c1-13(2)22(14(3)4)17(23)12-27-18(24)10-7-11-21-19(25)15-8-5-6-9-16(15)20(21)26/h5-6,8-9,13-14H,7,10-12H2,1-4H3. The summed E-state index contributed by atoms with van der Waals surface area (Å²) in [4.78, 5) is 51.3. The Kier molecular flexibility index (Phi) is 6.71. The first-order chi connectivity index (χ1) is 12.7. The summed E-state index contributed by atoms with van der Waals surface area (Å²) in [7, 11) is 0. The van der Waals surface area contributed by atoms with Gasteiger partial charge in [-0.3, -0.25) is 24.1 Å². The predicted octanol–water partition coefficient (Wildman–Crippen LogP) is 2.25. The number of nitrogens with zero attached hydrogens (tertiary/aromatic N) is 2. The maximum Gasteiger partial charge on any atom is 0.306 e. The van der Waals surface area contributed by atoms with Gasteiger partial charge in [-0.05, 0) is 46.2 Å². The molecule has 1 aromatic rings. The number of carbonyl (C=O) groups is 4. The second-order valence-corrected chi connectivity index (χ2v) is 7.06. The van der Waals surface area contributed by atoms with E-state index in [0.717, 1.165) is 4.90 Å². The van der Waals surface area contributed by atoms with Crippen LogP contribution in [0.1, 0.15) is 61.3 Å². The van der Waals surface area contributed by atoms with Crippen LogP contribution < -0.4 is 0 Å². The van der Waals surface area contributed by atoms with Gasteiger partial charge in [0.25, 0.3) is 17.7 Å². The highest BCUT2D eigenvalue weighted by atomic mass is 16.5. The highest BCUT2D eigenvalue weighted by Crippen LogP contribution is 2.22. The molecular formula is C20H26N2O5. The maximum atomic E-state index is 12.2. The second-order valence-electron chi connectivity index (χ2n) is 7.06. The minimum Gasteiger partial charge on any atom is -0.456 e. The Morgan fingerprint density at radius 1 is 1.00 bits per heavy atom. The van der Waals surface area contributed by atoms with E-state index in [1.54, 1.807) is 29.2 Å². The van der Waals surface area contributed by atoms with Gasteiger partial charge in [-0.15, -0.1) is 0 Å². The predicted molar refractivity (Wildman–Crippen MR) is 99.1 cm³/mol. The van der Waals surface area contributed by atoms with E-state index in [0.29, 0.717) is 11.1 Å². The Balaban J connectivity index is 1.78. The molecular weight excluding hydrogens is 348 g/mol. The smallest absolute Gasteiger partial charge is 0.306 e. The molecule has 0 atom stereocenters. The molecule has 0 saturated carbocycles. The monoisotopic (exact) mass is 374 g/mol. The fraction of sp³-hybridized carbons (Fsp3) is 0.500. The molecule has 7 nitrogen and oxygen atoms in total. The molecule has 0 fully saturated rings. The maximum absolute atomic E-state index is 12.2.